The van der Waals surface area contributed by atoms with E-state index in [0.717, 1.165) is 46.1 Å². The number of anilines is 2. The van der Waals surface area contributed by atoms with Crippen LogP contribution in [0.5, 0.6) is 0 Å². The molecule has 4 aromatic heterocycles. The fourth-order valence-corrected chi connectivity index (χ4v) is 11.1. The Hall–Kier alpha value is -8.15. The second kappa shape index (κ2) is 14.2. The van der Waals surface area contributed by atoms with Crippen molar-refractivity contribution >= 4 is 50.2 Å². The lowest BCUT2D eigenvalue weighted by atomic mass is 9.87. The average molecular weight is 822 g/mol. The molecule has 13 rings (SSSR count). The Morgan fingerprint density at radius 1 is 0.469 bits per heavy atom. The highest BCUT2D eigenvalue weighted by Crippen LogP contribution is 2.53. The number of fused-ring (bicyclic) bond motifs is 8. The van der Waals surface area contributed by atoms with Gasteiger partial charge >= 0.3 is 0 Å². The molecule has 304 valence electrons. The van der Waals surface area contributed by atoms with Gasteiger partial charge in [-0.2, -0.15) is 0 Å². The van der Waals surface area contributed by atoms with Crippen molar-refractivity contribution in [2.24, 2.45) is 0 Å². The molecule has 5 nitrogen and oxygen atoms in total. The molecule has 1 aliphatic carbocycles. The van der Waals surface area contributed by atoms with Crippen molar-refractivity contribution in [3.05, 3.63) is 234 Å². The van der Waals surface area contributed by atoms with Crippen molar-refractivity contribution in [1.82, 2.24) is 18.7 Å². The van der Waals surface area contributed by atoms with Crippen LogP contribution in [0.3, 0.4) is 0 Å². The molecular formula is C59H43N5. The Morgan fingerprint density at radius 3 is 1.75 bits per heavy atom. The molecule has 1 atom stereocenters. The Bertz CT molecular complexity index is 3680. The van der Waals surface area contributed by atoms with Gasteiger partial charge in [0.25, 0.3) is 0 Å². The second-order valence-electron chi connectivity index (χ2n) is 17.2. The Labute approximate surface area is 372 Å². The minimum Gasteiger partial charge on any atom is -0.313 e. The fraction of sp³-hybridized carbons (Fsp3) is 0.0678. The van der Waals surface area contributed by atoms with Gasteiger partial charge in [0.1, 0.15) is 5.82 Å². The largest absolute Gasteiger partial charge is 0.313 e. The highest BCUT2D eigenvalue weighted by atomic mass is 15.2. The zero-order valence-electron chi connectivity index (χ0n) is 35.7. The SMILES string of the molecule is Cc1c(-c2c(C)n(-c3cccc(-c4ccccc4)n3)c3ccccc23)c2ccccc2n1-c1cccc(-n2c3c(c4ccccc42)C=C2C(C3)c3ccccc3N2c2ccccc2)c1. The number of benzene rings is 7. The monoisotopic (exact) mass is 821 g/mol. The summed E-state index contributed by atoms with van der Waals surface area (Å²) in [7, 11) is 0. The number of hydrogen-bond donors (Lipinski definition) is 0. The van der Waals surface area contributed by atoms with Crippen LogP contribution >= 0.6 is 0 Å². The maximum atomic E-state index is 5.25. The smallest absolute Gasteiger partial charge is 0.138 e. The Morgan fingerprint density at radius 2 is 1.02 bits per heavy atom. The van der Waals surface area contributed by atoms with Gasteiger partial charge in [-0.25, -0.2) is 4.98 Å². The van der Waals surface area contributed by atoms with Crippen LogP contribution in [0.4, 0.5) is 11.4 Å². The summed E-state index contributed by atoms with van der Waals surface area (Å²) in [6, 6.07) is 72.4. The van der Waals surface area contributed by atoms with E-state index in [1.54, 1.807) is 0 Å². The summed E-state index contributed by atoms with van der Waals surface area (Å²) in [6.07, 6.45) is 3.38. The lowest BCUT2D eigenvalue weighted by Crippen LogP contribution is -2.18. The molecule has 11 aromatic rings. The van der Waals surface area contributed by atoms with Gasteiger partial charge in [0.05, 0.1) is 22.2 Å². The number of nitrogens with zero attached hydrogens (tertiary/aromatic N) is 5. The third kappa shape index (κ3) is 5.34. The number of pyridine rings is 1. The van der Waals surface area contributed by atoms with E-state index in [-0.39, 0.29) is 5.92 Å². The lowest BCUT2D eigenvalue weighted by Gasteiger charge is -2.27. The lowest BCUT2D eigenvalue weighted by molar-refractivity contribution is 0.761. The highest BCUT2D eigenvalue weighted by Gasteiger charge is 2.39. The maximum Gasteiger partial charge on any atom is 0.138 e. The first-order valence-electron chi connectivity index (χ1n) is 22.2. The van der Waals surface area contributed by atoms with Gasteiger partial charge in [0.2, 0.25) is 0 Å². The zero-order valence-corrected chi connectivity index (χ0v) is 35.7. The van der Waals surface area contributed by atoms with E-state index in [4.69, 9.17) is 4.98 Å². The topological polar surface area (TPSA) is 30.9 Å². The summed E-state index contributed by atoms with van der Waals surface area (Å²) in [5, 5.41) is 3.72. The zero-order chi connectivity index (χ0) is 42.5. The van der Waals surface area contributed by atoms with Crippen LogP contribution in [0.15, 0.2) is 206 Å². The quantitative estimate of drug-likeness (QED) is 0.167. The molecule has 0 spiro atoms. The molecule has 0 amide bonds. The standard InChI is InChI=1S/C59H43N5/c1-38-58(59-39(2)62(54-33-16-12-28-47(54)59)57-34-18-29-50(60-57)40-19-5-3-6-20-40)46-27-11-15-32-53(46)61(38)42-23-17-24-43(35-42)64-52-31-14-10-26-45(52)49-36-55-48(37-56(49)64)44-25-9-13-30-51(44)63(55)41-21-7-4-8-22-41/h3-36,48H,37H2,1-2H3. The highest BCUT2D eigenvalue weighted by molar-refractivity contribution is 6.09. The summed E-state index contributed by atoms with van der Waals surface area (Å²) in [4.78, 5) is 7.73. The van der Waals surface area contributed by atoms with Crippen LogP contribution in [-0.2, 0) is 6.42 Å². The van der Waals surface area contributed by atoms with Crippen LogP contribution in [-0.4, -0.2) is 18.7 Å². The number of aromatic nitrogens is 4. The molecule has 1 unspecified atom stereocenters. The first-order chi connectivity index (χ1) is 31.6. The third-order valence-electron chi connectivity index (χ3n) is 13.7. The maximum absolute atomic E-state index is 5.25. The van der Waals surface area contributed by atoms with Gasteiger partial charge < -0.3 is 14.0 Å². The van der Waals surface area contributed by atoms with Crippen LogP contribution in [0.25, 0.3) is 78.4 Å². The summed E-state index contributed by atoms with van der Waals surface area (Å²) in [6.45, 7) is 4.54. The molecule has 0 N–H and O–H groups in total. The summed E-state index contributed by atoms with van der Waals surface area (Å²) in [5.74, 6) is 1.16. The molecule has 5 heterocycles. The Balaban J connectivity index is 0.978. The van der Waals surface area contributed by atoms with Crippen molar-refractivity contribution in [2.75, 3.05) is 4.90 Å². The van der Waals surface area contributed by atoms with Gasteiger partial charge in [-0.3, -0.25) is 4.57 Å². The van der Waals surface area contributed by atoms with Crippen molar-refractivity contribution in [1.29, 1.82) is 0 Å². The number of allylic oxidation sites excluding steroid dienone is 1. The van der Waals surface area contributed by atoms with Gasteiger partial charge in [-0.15, -0.1) is 0 Å². The van der Waals surface area contributed by atoms with E-state index in [9.17, 15) is 0 Å². The molecule has 0 saturated heterocycles. The number of para-hydroxylation sites is 5. The molecule has 0 saturated carbocycles. The first kappa shape index (κ1) is 36.5. The van der Waals surface area contributed by atoms with Gasteiger partial charge in [-0.05, 0) is 92.2 Å². The predicted octanol–water partition coefficient (Wildman–Crippen LogP) is 14.7. The van der Waals surface area contributed by atoms with Crippen molar-refractivity contribution < 1.29 is 0 Å². The first-order valence-corrected chi connectivity index (χ1v) is 22.2. The van der Waals surface area contributed by atoms with Gasteiger partial charge in [-0.1, -0.05) is 133 Å². The van der Waals surface area contributed by atoms with E-state index in [0.29, 0.717) is 0 Å². The fourth-order valence-electron chi connectivity index (χ4n) is 11.1. The van der Waals surface area contributed by atoms with Crippen LogP contribution in [0.1, 0.15) is 34.1 Å². The molecule has 1 aliphatic heterocycles. The van der Waals surface area contributed by atoms with Crippen LogP contribution < -0.4 is 4.90 Å². The average Bonchev–Trinajstić information content (AvgIpc) is 4.04. The van der Waals surface area contributed by atoms with E-state index in [2.05, 4.69) is 239 Å². The van der Waals surface area contributed by atoms with E-state index in [1.807, 2.05) is 0 Å². The molecule has 64 heavy (non-hydrogen) atoms. The third-order valence-corrected chi connectivity index (χ3v) is 13.7. The van der Waals surface area contributed by atoms with Crippen molar-refractivity contribution in [2.45, 2.75) is 26.2 Å². The van der Waals surface area contributed by atoms with Gasteiger partial charge in [0.15, 0.2) is 0 Å². The second-order valence-corrected chi connectivity index (χ2v) is 17.2. The van der Waals surface area contributed by atoms with Crippen LogP contribution in [0.2, 0.25) is 0 Å². The summed E-state index contributed by atoms with van der Waals surface area (Å²) < 4.78 is 7.34. The molecule has 0 bridgehead atoms. The van der Waals surface area contributed by atoms with Crippen molar-refractivity contribution in [3.63, 3.8) is 0 Å². The van der Waals surface area contributed by atoms with E-state index < -0.39 is 0 Å². The Kier molecular flexibility index (Phi) is 8.10. The van der Waals surface area contributed by atoms with Gasteiger partial charge in [0, 0.05) is 96.3 Å². The molecule has 5 heteroatoms. The molecular weight excluding hydrogens is 779 g/mol. The van der Waals surface area contributed by atoms with Crippen molar-refractivity contribution in [3.8, 4) is 39.6 Å². The summed E-state index contributed by atoms with van der Waals surface area (Å²) >= 11 is 0. The number of hydrogen-bond acceptors (Lipinski definition) is 2. The predicted molar refractivity (Wildman–Crippen MR) is 265 cm³/mol. The van der Waals surface area contributed by atoms with E-state index >= 15 is 0 Å². The molecule has 2 aliphatic rings. The molecule has 0 radical (unpaired) electrons. The van der Waals surface area contributed by atoms with Crippen LogP contribution in [0, 0.1) is 13.8 Å². The normalized spacial score (nSPS) is 14.2. The minimum absolute atomic E-state index is 0.245. The molecule has 0 fully saturated rings. The minimum atomic E-state index is 0.245. The number of rotatable bonds is 6. The molecule has 7 aromatic carbocycles. The summed E-state index contributed by atoms with van der Waals surface area (Å²) in [5.41, 5.74) is 20.6. The van der Waals surface area contributed by atoms with E-state index in [1.165, 1.54) is 77.9 Å².